The van der Waals surface area contributed by atoms with Crippen molar-refractivity contribution in [3.05, 3.63) is 29.3 Å². The van der Waals surface area contributed by atoms with E-state index in [4.69, 9.17) is 9.47 Å². The van der Waals surface area contributed by atoms with Crippen LogP contribution in [0.3, 0.4) is 0 Å². The maximum Gasteiger partial charge on any atom is 0.338 e. The summed E-state index contributed by atoms with van der Waals surface area (Å²) in [5.74, 6) is 0.587. The number of carbonyl (C=O) groups excluding carboxylic acids is 2. The molecule has 2 aliphatic rings. The second-order valence-electron chi connectivity index (χ2n) is 6.91. The van der Waals surface area contributed by atoms with Gasteiger partial charge in [-0.3, -0.25) is 4.79 Å². The molecule has 1 amide bonds. The van der Waals surface area contributed by atoms with E-state index >= 15 is 0 Å². The van der Waals surface area contributed by atoms with Gasteiger partial charge in [0.05, 0.1) is 24.8 Å². The lowest BCUT2D eigenvalue weighted by Gasteiger charge is -2.42. The molecule has 1 atom stereocenters. The van der Waals surface area contributed by atoms with Crippen LogP contribution in [0.2, 0.25) is 0 Å². The summed E-state index contributed by atoms with van der Waals surface area (Å²) in [6, 6.07) is 5.19. The number of ether oxygens (including phenoxy) is 2. The minimum Gasteiger partial charge on any atom is -0.491 e. The molecule has 0 N–H and O–H groups in total. The van der Waals surface area contributed by atoms with Gasteiger partial charge in [-0.05, 0) is 44.9 Å². The zero-order valence-corrected chi connectivity index (χ0v) is 14.6. The Morgan fingerprint density at radius 3 is 2.75 bits per heavy atom. The summed E-state index contributed by atoms with van der Waals surface area (Å²) in [5, 5.41) is 0. The molecule has 1 fully saturated rings. The van der Waals surface area contributed by atoms with Crippen LogP contribution in [-0.4, -0.2) is 36.5 Å². The first-order valence-corrected chi connectivity index (χ1v) is 8.71. The van der Waals surface area contributed by atoms with Gasteiger partial charge >= 0.3 is 5.97 Å². The number of nitrogens with zero attached hydrogens (tertiary/aromatic N) is 1. The summed E-state index contributed by atoms with van der Waals surface area (Å²) in [4.78, 5) is 26.9. The molecule has 0 saturated heterocycles. The zero-order valence-electron chi connectivity index (χ0n) is 14.6. The van der Waals surface area contributed by atoms with Crippen molar-refractivity contribution >= 4 is 11.9 Å². The van der Waals surface area contributed by atoms with Crippen molar-refractivity contribution in [2.24, 2.45) is 5.41 Å². The van der Waals surface area contributed by atoms with Crippen molar-refractivity contribution in [2.45, 2.75) is 46.1 Å². The smallest absolute Gasteiger partial charge is 0.338 e. The highest BCUT2D eigenvalue weighted by Gasteiger charge is 2.43. The number of hydrogen-bond acceptors (Lipinski definition) is 4. The summed E-state index contributed by atoms with van der Waals surface area (Å²) >= 11 is 0. The first kappa shape index (κ1) is 16.8. The predicted molar refractivity (Wildman–Crippen MR) is 90.0 cm³/mol. The number of hydrogen-bond donors (Lipinski definition) is 0. The molecule has 1 aromatic rings. The molecule has 1 heterocycles. The quantitative estimate of drug-likeness (QED) is 0.797. The first-order valence-electron chi connectivity index (χ1n) is 8.71. The fourth-order valence-electron chi connectivity index (χ4n) is 3.51. The SMILES string of the molecule is CCOC(=O)c1ccc2c(c1)[C@@H](C)N(C(=O)C1(C)CCC1)CCO2. The second kappa shape index (κ2) is 6.46. The van der Waals surface area contributed by atoms with Crippen molar-refractivity contribution in [1.82, 2.24) is 4.90 Å². The van der Waals surface area contributed by atoms with E-state index in [-0.39, 0.29) is 23.3 Å². The Bertz CT molecular complexity index is 651. The monoisotopic (exact) mass is 331 g/mol. The van der Waals surface area contributed by atoms with Crippen molar-refractivity contribution in [2.75, 3.05) is 19.8 Å². The third-order valence-electron chi connectivity index (χ3n) is 5.26. The maximum atomic E-state index is 13.0. The summed E-state index contributed by atoms with van der Waals surface area (Å²) in [7, 11) is 0. The van der Waals surface area contributed by atoms with Crippen LogP contribution in [0, 0.1) is 5.41 Å². The molecular weight excluding hydrogens is 306 g/mol. The van der Waals surface area contributed by atoms with E-state index in [1.807, 2.05) is 18.7 Å². The van der Waals surface area contributed by atoms with Gasteiger partial charge in [0.1, 0.15) is 12.4 Å². The third-order valence-corrected chi connectivity index (χ3v) is 5.26. The lowest BCUT2D eigenvalue weighted by Crippen LogP contribution is -2.47. The Labute approximate surface area is 142 Å². The molecule has 1 aromatic carbocycles. The van der Waals surface area contributed by atoms with Gasteiger partial charge in [0.15, 0.2) is 0 Å². The minimum atomic E-state index is -0.347. The van der Waals surface area contributed by atoms with E-state index in [2.05, 4.69) is 0 Å². The van der Waals surface area contributed by atoms with E-state index in [1.165, 1.54) is 0 Å². The molecule has 1 aliphatic heterocycles. The molecule has 1 aliphatic carbocycles. The standard InChI is InChI=1S/C19H25NO4/c1-4-23-17(21)14-6-7-16-15(12-14)13(2)20(10-11-24-16)18(22)19(3)8-5-9-19/h6-7,12-13H,4-5,8-11H2,1-3H3/t13-/m1/s1. The molecule has 0 aromatic heterocycles. The molecule has 24 heavy (non-hydrogen) atoms. The highest BCUT2D eigenvalue weighted by Crippen LogP contribution is 2.44. The third kappa shape index (κ3) is 2.87. The Morgan fingerprint density at radius 2 is 2.12 bits per heavy atom. The van der Waals surface area contributed by atoms with E-state index in [0.29, 0.717) is 25.3 Å². The number of benzene rings is 1. The highest BCUT2D eigenvalue weighted by molar-refractivity contribution is 5.90. The Morgan fingerprint density at radius 1 is 1.38 bits per heavy atom. The fraction of sp³-hybridized carbons (Fsp3) is 0.579. The number of amides is 1. The second-order valence-corrected chi connectivity index (χ2v) is 6.91. The summed E-state index contributed by atoms with van der Waals surface area (Å²) in [6.07, 6.45) is 3.02. The van der Waals surface area contributed by atoms with Crippen LogP contribution < -0.4 is 4.74 Å². The van der Waals surface area contributed by atoms with Gasteiger partial charge in [-0.2, -0.15) is 0 Å². The lowest BCUT2D eigenvalue weighted by atomic mass is 9.69. The van der Waals surface area contributed by atoms with E-state index in [1.54, 1.807) is 25.1 Å². The maximum absolute atomic E-state index is 13.0. The van der Waals surface area contributed by atoms with Gasteiger partial charge < -0.3 is 14.4 Å². The largest absolute Gasteiger partial charge is 0.491 e. The minimum absolute atomic E-state index is 0.123. The average Bonchev–Trinajstić information content (AvgIpc) is 2.71. The van der Waals surface area contributed by atoms with Gasteiger partial charge in [-0.25, -0.2) is 4.79 Å². The topological polar surface area (TPSA) is 55.8 Å². The van der Waals surface area contributed by atoms with Crippen molar-refractivity contribution in [1.29, 1.82) is 0 Å². The Balaban J connectivity index is 1.90. The van der Waals surface area contributed by atoms with Gasteiger partial charge in [-0.15, -0.1) is 0 Å². The van der Waals surface area contributed by atoms with E-state index < -0.39 is 0 Å². The van der Waals surface area contributed by atoms with Crippen LogP contribution in [0.25, 0.3) is 0 Å². The zero-order chi connectivity index (χ0) is 17.3. The molecular formula is C19H25NO4. The molecule has 5 heteroatoms. The number of esters is 1. The van der Waals surface area contributed by atoms with Gasteiger partial charge in [0, 0.05) is 11.0 Å². The van der Waals surface area contributed by atoms with Gasteiger partial charge in [0.2, 0.25) is 5.91 Å². The molecule has 1 saturated carbocycles. The van der Waals surface area contributed by atoms with Crippen LogP contribution >= 0.6 is 0 Å². The molecule has 3 rings (SSSR count). The summed E-state index contributed by atoms with van der Waals surface area (Å²) in [5.41, 5.74) is 1.13. The average molecular weight is 331 g/mol. The fourth-order valence-corrected chi connectivity index (χ4v) is 3.51. The molecule has 0 bridgehead atoms. The van der Waals surface area contributed by atoms with Crippen LogP contribution in [0.1, 0.15) is 62.0 Å². The van der Waals surface area contributed by atoms with Crippen molar-refractivity contribution in [3.8, 4) is 5.75 Å². The number of carbonyl (C=O) groups is 2. The molecule has 0 radical (unpaired) electrons. The first-order chi connectivity index (χ1) is 11.5. The van der Waals surface area contributed by atoms with E-state index in [9.17, 15) is 9.59 Å². The molecule has 0 unspecified atom stereocenters. The summed E-state index contributed by atoms with van der Waals surface area (Å²) in [6.45, 7) is 7.21. The van der Waals surface area contributed by atoms with E-state index in [0.717, 1.165) is 30.6 Å². The molecule has 0 spiro atoms. The number of fused-ring (bicyclic) bond motifs is 1. The lowest BCUT2D eigenvalue weighted by molar-refractivity contribution is -0.148. The highest BCUT2D eigenvalue weighted by atomic mass is 16.5. The number of rotatable bonds is 3. The Hall–Kier alpha value is -2.04. The van der Waals surface area contributed by atoms with Crippen molar-refractivity contribution in [3.63, 3.8) is 0 Å². The normalized spacial score (nSPS) is 21.8. The van der Waals surface area contributed by atoms with Gasteiger partial charge in [-0.1, -0.05) is 13.3 Å². The summed E-state index contributed by atoms with van der Waals surface area (Å²) < 4.78 is 10.9. The van der Waals surface area contributed by atoms with Crippen LogP contribution in [0.4, 0.5) is 0 Å². The molecule has 130 valence electrons. The van der Waals surface area contributed by atoms with Gasteiger partial charge in [0.25, 0.3) is 0 Å². The van der Waals surface area contributed by atoms with Crippen LogP contribution in [0.15, 0.2) is 18.2 Å². The van der Waals surface area contributed by atoms with Crippen molar-refractivity contribution < 1.29 is 19.1 Å². The predicted octanol–water partition coefficient (Wildman–Crippen LogP) is 3.34. The van der Waals surface area contributed by atoms with Crippen LogP contribution in [-0.2, 0) is 9.53 Å². The Kier molecular flexibility index (Phi) is 4.52. The molecule has 5 nitrogen and oxygen atoms in total. The van der Waals surface area contributed by atoms with Crippen LogP contribution in [0.5, 0.6) is 5.75 Å².